The summed E-state index contributed by atoms with van der Waals surface area (Å²) < 4.78 is 5.13. The molecule has 12 heavy (non-hydrogen) atoms. The van der Waals surface area contributed by atoms with Gasteiger partial charge in [0.2, 0.25) is 0 Å². The first-order valence-corrected chi connectivity index (χ1v) is 3.67. The Morgan fingerprint density at radius 1 is 1.42 bits per heavy atom. The minimum Gasteiger partial charge on any atom is -0.496 e. The lowest BCUT2D eigenvalue weighted by molar-refractivity contribution is 0.414. The van der Waals surface area contributed by atoms with E-state index in [1.807, 2.05) is 31.2 Å². The molecule has 0 aliphatic heterocycles. The van der Waals surface area contributed by atoms with Crippen LogP contribution in [0.1, 0.15) is 12.5 Å². The first-order valence-electron chi connectivity index (χ1n) is 3.67. The Morgan fingerprint density at radius 2 is 2.08 bits per heavy atom. The quantitative estimate of drug-likeness (QED) is 0.408. The maximum atomic E-state index is 5.16. The van der Waals surface area contributed by atoms with E-state index in [0.29, 0.717) is 0 Å². The Kier molecular flexibility index (Phi) is 2.69. The van der Waals surface area contributed by atoms with Crippen LogP contribution in [-0.4, -0.2) is 12.8 Å². The summed E-state index contributed by atoms with van der Waals surface area (Å²) in [5.41, 5.74) is 1.70. The molecule has 64 valence electrons. The second-order valence-corrected chi connectivity index (χ2v) is 2.41. The number of methoxy groups -OCH3 is 1. The highest BCUT2D eigenvalue weighted by molar-refractivity contribution is 6.00. The van der Waals surface area contributed by atoms with Crippen molar-refractivity contribution < 1.29 is 4.74 Å². The third-order valence-electron chi connectivity index (χ3n) is 1.69. The molecule has 3 nitrogen and oxygen atoms in total. The molecule has 0 aliphatic carbocycles. The molecule has 0 saturated carbocycles. The van der Waals surface area contributed by atoms with Crippen LogP contribution in [0.4, 0.5) is 0 Å². The average Bonchev–Trinajstić information content (AvgIpc) is 2.16. The third kappa shape index (κ3) is 1.56. The van der Waals surface area contributed by atoms with Gasteiger partial charge in [-0.1, -0.05) is 12.1 Å². The first-order chi connectivity index (χ1) is 5.79. The molecule has 1 aromatic rings. The van der Waals surface area contributed by atoms with Gasteiger partial charge in [0.15, 0.2) is 0 Å². The molecule has 0 unspecified atom stereocenters. The SMILES string of the molecule is COc1ccccc1C(C)=NN. The van der Waals surface area contributed by atoms with Crippen molar-refractivity contribution in [3.8, 4) is 5.75 Å². The van der Waals surface area contributed by atoms with Gasteiger partial charge in [0.05, 0.1) is 12.8 Å². The first kappa shape index (κ1) is 8.59. The topological polar surface area (TPSA) is 47.6 Å². The molecule has 0 aromatic heterocycles. The molecule has 0 saturated heterocycles. The summed E-state index contributed by atoms with van der Waals surface area (Å²) in [6.45, 7) is 1.85. The number of nitrogens with two attached hydrogens (primary N) is 1. The zero-order valence-corrected chi connectivity index (χ0v) is 7.24. The van der Waals surface area contributed by atoms with Crippen LogP contribution in [0.5, 0.6) is 5.75 Å². The van der Waals surface area contributed by atoms with E-state index in [9.17, 15) is 0 Å². The lowest BCUT2D eigenvalue weighted by Crippen LogP contribution is -2.01. The van der Waals surface area contributed by atoms with E-state index >= 15 is 0 Å². The van der Waals surface area contributed by atoms with Gasteiger partial charge in [0.25, 0.3) is 0 Å². The average molecular weight is 164 g/mol. The summed E-state index contributed by atoms with van der Waals surface area (Å²) in [5, 5.41) is 3.60. The Hall–Kier alpha value is -1.51. The summed E-state index contributed by atoms with van der Waals surface area (Å²) in [6, 6.07) is 7.63. The van der Waals surface area contributed by atoms with E-state index in [-0.39, 0.29) is 0 Å². The molecule has 0 aliphatic rings. The molecule has 0 spiro atoms. The van der Waals surface area contributed by atoms with Crippen molar-refractivity contribution in [1.82, 2.24) is 0 Å². The number of rotatable bonds is 2. The summed E-state index contributed by atoms with van der Waals surface area (Å²) in [6.07, 6.45) is 0. The van der Waals surface area contributed by atoms with Gasteiger partial charge in [-0.05, 0) is 19.1 Å². The molecule has 0 heterocycles. The summed E-state index contributed by atoms with van der Waals surface area (Å²) in [4.78, 5) is 0. The molecular weight excluding hydrogens is 152 g/mol. The Balaban J connectivity index is 3.13. The van der Waals surface area contributed by atoms with E-state index in [0.717, 1.165) is 17.0 Å². The van der Waals surface area contributed by atoms with Gasteiger partial charge >= 0.3 is 0 Å². The highest BCUT2D eigenvalue weighted by Gasteiger charge is 2.03. The van der Waals surface area contributed by atoms with Crippen molar-refractivity contribution in [3.63, 3.8) is 0 Å². The number of benzene rings is 1. The smallest absolute Gasteiger partial charge is 0.127 e. The van der Waals surface area contributed by atoms with Crippen molar-refractivity contribution in [2.45, 2.75) is 6.92 Å². The standard InChI is InChI=1S/C9H12N2O/c1-7(11-10)8-5-3-4-6-9(8)12-2/h3-6H,10H2,1-2H3. The summed E-state index contributed by atoms with van der Waals surface area (Å²) >= 11 is 0. The molecule has 2 N–H and O–H groups in total. The lowest BCUT2D eigenvalue weighted by Gasteiger charge is -2.05. The van der Waals surface area contributed by atoms with Crippen LogP contribution in [0.15, 0.2) is 29.4 Å². The molecule has 0 bridgehead atoms. The highest BCUT2D eigenvalue weighted by Crippen LogP contribution is 2.17. The minimum absolute atomic E-state index is 0.771. The minimum atomic E-state index is 0.771. The fourth-order valence-electron chi connectivity index (χ4n) is 1.01. The van der Waals surface area contributed by atoms with Gasteiger partial charge < -0.3 is 10.6 Å². The van der Waals surface area contributed by atoms with E-state index in [1.54, 1.807) is 7.11 Å². The van der Waals surface area contributed by atoms with Gasteiger partial charge in [-0.25, -0.2) is 0 Å². The predicted octanol–water partition coefficient (Wildman–Crippen LogP) is 1.38. The van der Waals surface area contributed by atoms with E-state index < -0.39 is 0 Å². The van der Waals surface area contributed by atoms with E-state index in [1.165, 1.54) is 0 Å². The highest BCUT2D eigenvalue weighted by atomic mass is 16.5. The van der Waals surface area contributed by atoms with Crippen LogP contribution < -0.4 is 10.6 Å². The fourth-order valence-corrected chi connectivity index (χ4v) is 1.01. The predicted molar refractivity (Wildman–Crippen MR) is 49.4 cm³/mol. The fraction of sp³-hybridized carbons (Fsp3) is 0.222. The maximum Gasteiger partial charge on any atom is 0.127 e. The number of hydrazone groups is 1. The number of hydrogen-bond donors (Lipinski definition) is 1. The van der Waals surface area contributed by atoms with E-state index in [4.69, 9.17) is 10.6 Å². The zero-order chi connectivity index (χ0) is 8.97. The molecule has 1 aromatic carbocycles. The van der Waals surface area contributed by atoms with Crippen LogP contribution in [0, 0.1) is 0 Å². The van der Waals surface area contributed by atoms with E-state index in [2.05, 4.69) is 5.10 Å². The second-order valence-electron chi connectivity index (χ2n) is 2.41. The van der Waals surface area contributed by atoms with Crippen LogP contribution in [0.3, 0.4) is 0 Å². The third-order valence-corrected chi connectivity index (χ3v) is 1.69. The molecule has 0 amide bonds. The van der Waals surface area contributed by atoms with Gasteiger partial charge in [-0.15, -0.1) is 0 Å². The van der Waals surface area contributed by atoms with Crippen LogP contribution >= 0.6 is 0 Å². The summed E-state index contributed by atoms with van der Waals surface area (Å²) in [5.74, 6) is 5.96. The Bertz CT molecular complexity index is 294. The monoisotopic (exact) mass is 164 g/mol. The largest absolute Gasteiger partial charge is 0.496 e. The summed E-state index contributed by atoms with van der Waals surface area (Å²) in [7, 11) is 1.63. The molecule has 3 heteroatoms. The molecular formula is C9H12N2O. The molecule has 0 fully saturated rings. The number of para-hydroxylation sites is 1. The van der Waals surface area contributed by atoms with Crippen molar-refractivity contribution in [2.75, 3.05) is 7.11 Å². The Labute approximate surface area is 71.8 Å². The van der Waals surface area contributed by atoms with Crippen molar-refractivity contribution in [2.24, 2.45) is 10.9 Å². The van der Waals surface area contributed by atoms with Gasteiger partial charge in [-0.2, -0.15) is 5.10 Å². The van der Waals surface area contributed by atoms with Crippen molar-refractivity contribution in [1.29, 1.82) is 0 Å². The zero-order valence-electron chi connectivity index (χ0n) is 7.24. The molecule has 0 atom stereocenters. The Morgan fingerprint density at radius 3 is 2.67 bits per heavy atom. The van der Waals surface area contributed by atoms with Crippen molar-refractivity contribution in [3.05, 3.63) is 29.8 Å². The van der Waals surface area contributed by atoms with Crippen LogP contribution in [0.25, 0.3) is 0 Å². The van der Waals surface area contributed by atoms with Gasteiger partial charge in [0, 0.05) is 5.56 Å². The maximum absolute atomic E-state index is 5.16. The molecule has 1 rings (SSSR count). The second kappa shape index (κ2) is 3.76. The normalized spacial score (nSPS) is 11.3. The van der Waals surface area contributed by atoms with Crippen LogP contribution in [0.2, 0.25) is 0 Å². The number of ether oxygens (including phenoxy) is 1. The number of nitrogens with zero attached hydrogens (tertiary/aromatic N) is 1. The van der Waals surface area contributed by atoms with Gasteiger partial charge in [-0.3, -0.25) is 0 Å². The van der Waals surface area contributed by atoms with Crippen molar-refractivity contribution >= 4 is 5.71 Å². The van der Waals surface area contributed by atoms with Crippen LogP contribution in [-0.2, 0) is 0 Å². The lowest BCUT2D eigenvalue weighted by atomic mass is 10.1. The van der Waals surface area contributed by atoms with Gasteiger partial charge in [0.1, 0.15) is 5.75 Å². The molecule has 0 radical (unpaired) electrons. The number of hydrogen-bond acceptors (Lipinski definition) is 3.